The molecule has 2 N–H and O–H groups in total. The molecule has 5 rings (SSSR count). The molecule has 186 valence electrons. The summed E-state index contributed by atoms with van der Waals surface area (Å²) in [5.41, 5.74) is 10.8. The fourth-order valence-electron chi connectivity index (χ4n) is 4.70. The lowest BCUT2D eigenvalue weighted by molar-refractivity contribution is -0.131. The van der Waals surface area contributed by atoms with Gasteiger partial charge in [0.25, 0.3) is 0 Å². The van der Waals surface area contributed by atoms with Crippen molar-refractivity contribution in [2.24, 2.45) is 5.10 Å². The van der Waals surface area contributed by atoms with Gasteiger partial charge in [0.2, 0.25) is 5.91 Å². The van der Waals surface area contributed by atoms with Crippen LogP contribution in [0.5, 0.6) is 0 Å². The van der Waals surface area contributed by atoms with Crippen LogP contribution in [0.15, 0.2) is 71.8 Å². The monoisotopic (exact) mass is 522 g/mol. The summed E-state index contributed by atoms with van der Waals surface area (Å²) in [7, 11) is 0. The summed E-state index contributed by atoms with van der Waals surface area (Å²) < 4.78 is 0. The van der Waals surface area contributed by atoms with E-state index in [1.54, 1.807) is 0 Å². The summed E-state index contributed by atoms with van der Waals surface area (Å²) in [6.45, 7) is 5.83. The molecule has 3 aromatic carbocycles. The number of hydrazine groups is 2. The molecule has 1 fully saturated rings. The van der Waals surface area contributed by atoms with E-state index in [0.717, 1.165) is 38.9 Å². The first-order valence-corrected chi connectivity index (χ1v) is 12.6. The number of carbonyl (C=O) groups is 1. The number of hydrogen-bond donors (Lipinski definition) is 2. The van der Waals surface area contributed by atoms with E-state index >= 15 is 0 Å². The van der Waals surface area contributed by atoms with Crippen LogP contribution < -0.4 is 21.0 Å². The van der Waals surface area contributed by atoms with Gasteiger partial charge < -0.3 is 9.80 Å². The van der Waals surface area contributed by atoms with Crippen molar-refractivity contribution in [1.82, 2.24) is 16.0 Å². The van der Waals surface area contributed by atoms with Crippen molar-refractivity contribution in [3.63, 3.8) is 0 Å². The number of piperazine rings is 1. The Balaban J connectivity index is 1.33. The highest BCUT2D eigenvalue weighted by Gasteiger charge is 2.32. The predicted octanol–water partition coefficient (Wildman–Crippen LogP) is 5.10. The molecule has 0 saturated carbocycles. The zero-order valence-electron chi connectivity index (χ0n) is 20.2. The van der Waals surface area contributed by atoms with E-state index < -0.39 is 0 Å². The number of carbonyl (C=O) groups excluding carboxylic acids is 1. The molecule has 0 radical (unpaired) electrons. The first kappa shape index (κ1) is 24.4. The molecule has 0 aliphatic carbocycles. The number of aryl methyl sites for hydroxylation is 1. The average Bonchev–Trinajstić information content (AvgIpc) is 3.30. The Bertz CT molecular complexity index is 1280. The Morgan fingerprint density at radius 3 is 2.42 bits per heavy atom. The van der Waals surface area contributed by atoms with Crippen LogP contribution in [0.2, 0.25) is 10.0 Å². The van der Waals surface area contributed by atoms with Crippen LogP contribution in [0.3, 0.4) is 0 Å². The van der Waals surface area contributed by atoms with Crippen molar-refractivity contribution in [3.05, 3.63) is 93.5 Å². The molecule has 1 saturated heterocycles. The van der Waals surface area contributed by atoms with Gasteiger partial charge in [0.15, 0.2) is 0 Å². The zero-order valence-corrected chi connectivity index (χ0v) is 21.7. The minimum absolute atomic E-state index is 0.0291. The number of amides is 1. The third-order valence-corrected chi connectivity index (χ3v) is 7.21. The maximum Gasteiger partial charge on any atom is 0.227 e. The Morgan fingerprint density at radius 1 is 1.00 bits per heavy atom. The molecule has 0 bridgehead atoms. The molecule has 2 aliphatic heterocycles. The highest BCUT2D eigenvalue weighted by molar-refractivity contribution is 6.33. The van der Waals surface area contributed by atoms with Crippen LogP contribution in [-0.2, 0) is 11.2 Å². The van der Waals surface area contributed by atoms with E-state index in [0.29, 0.717) is 31.1 Å². The first-order valence-electron chi connectivity index (χ1n) is 11.9. The molecular weight excluding hydrogens is 495 g/mol. The molecule has 2 heterocycles. The van der Waals surface area contributed by atoms with Crippen LogP contribution in [-0.4, -0.2) is 36.3 Å². The Kier molecular flexibility index (Phi) is 7.05. The van der Waals surface area contributed by atoms with Crippen LogP contribution in [0, 0.1) is 6.92 Å². The summed E-state index contributed by atoms with van der Waals surface area (Å²) in [6, 6.07) is 21.9. The smallest absolute Gasteiger partial charge is 0.227 e. The number of benzene rings is 3. The van der Waals surface area contributed by atoms with Gasteiger partial charge in [-0.1, -0.05) is 53.5 Å². The fraction of sp³-hybridized carbons (Fsp3) is 0.259. The number of halogens is 2. The normalized spacial score (nSPS) is 17.7. The number of hydrogen-bond acceptors (Lipinski definition) is 6. The molecule has 7 nitrogen and oxygen atoms in total. The number of anilines is 2. The van der Waals surface area contributed by atoms with E-state index in [9.17, 15) is 4.79 Å². The summed E-state index contributed by atoms with van der Waals surface area (Å²) in [5.74, 6) is 0.925. The average molecular weight is 523 g/mol. The van der Waals surface area contributed by atoms with Gasteiger partial charge in [-0.05, 0) is 66.9 Å². The summed E-state index contributed by atoms with van der Waals surface area (Å²) in [5, 5.41) is 7.35. The largest absolute Gasteiger partial charge is 0.360 e. The minimum Gasteiger partial charge on any atom is -0.360 e. The zero-order chi connectivity index (χ0) is 25.2. The molecule has 0 aromatic heterocycles. The van der Waals surface area contributed by atoms with Gasteiger partial charge >= 0.3 is 0 Å². The molecule has 3 aromatic rings. The van der Waals surface area contributed by atoms with Gasteiger partial charge in [-0.25, -0.2) is 10.5 Å². The second-order valence-corrected chi connectivity index (χ2v) is 9.96. The van der Waals surface area contributed by atoms with E-state index in [1.807, 2.05) is 78.4 Å². The lowest BCUT2D eigenvalue weighted by Crippen LogP contribution is -2.51. The van der Waals surface area contributed by atoms with Crippen molar-refractivity contribution in [1.29, 1.82) is 0 Å². The van der Waals surface area contributed by atoms with Crippen LogP contribution in [0.25, 0.3) is 0 Å². The highest BCUT2D eigenvalue weighted by Crippen LogP contribution is 2.36. The predicted molar refractivity (Wildman–Crippen MR) is 146 cm³/mol. The number of amidine groups is 1. The number of hydrazone groups is 1. The lowest BCUT2D eigenvalue weighted by atomic mass is 10.00. The molecule has 1 unspecified atom stereocenters. The number of rotatable bonds is 5. The molecule has 36 heavy (non-hydrogen) atoms. The summed E-state index contributed by atoms with van der Waals surface area (Å²) in [6.07, 6.45) is 0.345. The van der Waals surface area contributed by atoms with Crippen LogP contribution in [0.1, 0.15) is 29.7 Å². The van der Waals surface area contributed by atoms with Gasteiger partial charge in [0.1, 0.15) is 5.84 Å². The summed E-state index contributed by atoms with van der Waals surface area (Å²) >= 11 is 12.8. The molecule has 1 amide bonds. The highest BCUT2D eigenvalue weighted by atomic mass is 35.5. The second-order valence-electron chi connectivity index (χ2n) is 9.12. The molecule has 9 heteroatoms. The maximum atomic E-state index is 13.4. The van der Waals surface area contributed by atoms with E-state index in [2.05, 4.69) is 33.2 Å². The second kappa shape index (κ2) is 10.4. The SMILES string of the molecule is CC1=NNNN1c1ccc(CC(=O)N2CCN(c3ccc(C)cc3Cl)C(c3ccc(Cl)cc3)C2)cc1. The van der Waals surface area contributed by atoms with Gasteiger partial charge in [0, 0.05) is 24.7 Å². The van der Waals surface area contributed by atoms with Crippen LogP contribution >= 0.6 is 23.2 Å². The van der Waals surface area contributed by atoms with E-state index in [4.69, 9.17) is 23.2 Å². The van der Waals surface area contributed by atoms with Crippen molar-refractivity contribution >= 4 is 46.3 Å². The van der Waals surface area contributed by atoms with Gasteiger partial charge in [-0.2, -0.15) is 0 Å². The Labute approximate surface area is 221 Å². The van der Waals surface area contributed by atoms with Crippen LogP contribution in [0.4, 0.5) is 11.4 Å². The third-order valence-electron chi connectivity index (χ3n) is 6.65. The van der Waals surface area contributed by atoms with Crippen molar-refractivity contribution in [2.75, 3.05) is 29.5 Å². The fourth-order valence-corrected chi connectivity index (χ4v) is 5.17. The van der Waals surface area contributed by atoms with Crippen molar-refractivity contribution in [2.45, 2.75) is 26.3 Å². The van der Waals surface area contributed by atoms with Crippen molar-refractivity contribution in [3.8, 4) is 0 Å². The van der Waals surface area contributed by atoms with E-state index in [1.165, 1.54) is 0 Å². The standard InChI is InChI=1S/C27H28Cl2N6O/c1-18-3-12-25(24(29)15-18)34-14-13-33(17-26(34)21-6-8-22(28)9-7-21)27(36)16-20-4-10-23(11-5-20)35-19(2)30-31-32-35/h3-12,15,26,31-32H,13-14,16-17H2,1-2H3. The van der Waals surface area contributed by atoms with Gasteiger partial charge in [-0.15, -0.1) is 10.6 Å². The molecular formula is C27H28Cl2N6O. The lowest BCUT2D eigenvalue weighted by Gasteiger charge is -2.43. The van der Waals surface area contributed by atoms with Gasteiger partial charge in [0.05, 0.1) is 28.9 Å². The van der Waals surface area contributed by atoms with E-state index in [-0.39, 0.29) is 11.9 Å². The number of nitrogens with zero attached hydrogens (tertiary/aromatic N) is 4. The Hall–Kier alpha value is -3.26. The van der Waals surface area contributed by atoms with Crippen molar-refractivity contribution < 1.29 is 4.79 Å². The topological polar surface area (TPSA) is 63.2 Å². The Morgan fingerprint density at radius 2 is 1.75 bits per heavy atom. The molecule has 1 atom stereocenters. The minimum atomic E-state index is -0.0291. The quantitative estimate of drug-likeness (QED) is 0.488. The summed E-state index contributed by atoms with van der Waals surface area (Å²) in [4.78, 5) is 17.6. The third kappa shape index (κ3) is 5.14. The molecule has 0 spiro atoms. The van der Waals surface area contributed by atoms with Gasteiger partial charge in [-0.3, -0.25) is 4.79 Å². The maximum absolute atomic E-state index is 13.4. The molecule has 2 aliphatic rings. The number of nitrogens with one attached hydrogen (secondary N) is 2. The first-order chi connectivity index (χ1) is 17.4.